The summed E-state index contributed by atoms with van der Waals surface area (Å²) in [5, 5.41) is 0. The molecule has 0 bridgehead atoms. The van der Waals surface area contributed by atoms with Crippen molar-refractivity contribution in [3.05, 3.63) is 46.4 Å². The van der Waals surface area contributed by atoms with Crippen LogP contribution in [0.4, 0.5) is 0 Å². The van der Waals surface area contributed by atoms with Gasteiger partial charge in [-0.05, 0) is 44.0 Å². The Morgan fingerprint density at radius 1 is 1.22 bits per heavy atom. The van der Waals surface area contributed by atoms with Gasteiger partial charge in [0.25, 0.3) is 5.56 Å². The maximum absolute atomic E-state index is 12.9. The summed E-state index contributed by atoms with van der Waals surface area (Å²) < 4.78 is 6.66. The standard InChI is InChI=1S/C21H27N3O3/c1-15-13-19(25)24(14-20(26)23(2)17-7-5-4-6-8-17)21(22-15)16-9-11-18(27-3)12-10-16/h9-13,17H,4-8,14H2,1-3H3. The van der Waals surface area contributed by atoms with Crippen LogP contribution in [0.25, 0.3) is 11.4 Å². The number of benzene rings is 1. The summed E-state index contributed by atoms with van der Waals surface area (Å²) in [6.07, 6.45) is 5.63. The van der Waals surface area contributed by atoms with E-state index in [1.807, 2.05) is 36.2 Å². The van der Waals surface area contributed by atoms with Crippen molar-refractivity contribution in [2.24, 2.45) is 0 Å². The van der Waals surface area contributed by atoms with Gasteiger partial charge in [-0.1, -0.05) is 19.3 Å². The quantitative estimate of drug-likeness (QED) is 0.813. The van der Waals surface area contributed by atoms with E-state index in [2.05, 4.69) is 4.98 Å². The predicted molar refractivity (Wildman–Crippen MR) is 105 cm³/mol. The minimum Gasteiger partial charge on any atom is -0.497 e. The van der Waals surface area contributed by atoms with Gasteiger partial charge in [-0.2, -0.15) is 0 Å². The zero-order valence-corrected chi connectivity index (χ0v) is 16.3. The molecule has 1 amide bonds. The molecular formula is C21H27N3O3. The number of carbonyl (C=O) groups excluding carboxylic acids is 1. The summed E-state index contributed by atoms with van der Waals surface area (Å²) in [5.41, 5.74) is 1.21. The number of hydrogen-bond acceptors (Lipinski definition) is 4. The highest BCUT2D eigenvalue weighted by Crippen LogP contribution is 2.23. The molecule has 0 atom stereocenters. The van der Waals surface area contributed by atoms with E-state index < -0.39 is 0 Å². The normalized spacial score (nSPS) is 14.8. The average Bonchev–Trinajstić information content (AvgIpc) is 2.69. The highest BCUT2D eigenvalue weighted by atomic mass is 16.5. The third kappa shape index (κ3) is 4.38. The second-order valence-corrected chi connectivity index (χ2v) is 7.17. The highest BCUT2D eigenvalue weighted by Gasteiger charge is 2.23. The largest absolute Gasteiger partial charge is 0.497 e. The fourth-order valence-corrected chi connectivity index (χ4v) is 3.65. The van der Waals surface area contributed by atoms with Crippen LogP contribution >= 0.6 is 0 Å². The van der Waals surface area contributed by atoms with Gasteiger partial charge < -0.3 is 9.64 Å². The lowest BCUT2D eigenvalue weighted by molar-refractivity contribution is -0.133. The number of aryl methyl sites for hydroxylation is 1. The molecule has 1 aromatic heterocycles. The molecule has 0 N–H and O–H groups in total. The second kappa shape index (κ2) is 8.37. The molecule has 0 spiro atoms. The van der Waals surface area contributed by atoms with Crippen LogP contribution < -0.4 is 10.3 Å². The molecule has 1 saturated carbocycles. The minimum absolute atomic E-state index is 0.000472. The number of hydrogen-bond donors (Lipinski definition) is 0. The molecule has 3 rings (SSSR count). The van der Waals surface area contributed by atoms with Gasteiger partial charge in [-0.25, -0.2) is 4.98 Å². The van der Waals surface area contributed by atoms with Crippen molar-refractivity contribution >= 4 is 5.91 Å². The Kier molecular flexibility index (Phi) is 5.94. The van der Waals surface area contributed by atoms with E-state index in [1.165, 1.54) is 17.1 Å². The number of nitrogens with zero attached hydrogens (tertiary/aromatic N) is 3. The molecule has 6 nitrogen and oxygen atoms in total. The first kappa shape index (κ1) is 19.1. The fourth-order valence-electron chi connectivity index (χ4n) is 3.65. The number of likely N-dealkylation sites (N-methyl/N-ethyl adjacent to an activating group) is 1. The summed E-state index contributed by atoms with van der Waals surface area (Å²) in [4.78, 5) is 31.8. The summed E-state index contributed by atoms with van der Waals surface area (Å²) in [5.74, 6) is 1.19. The lowest BCUT2D eigenvalue weighted by Gasteiger charge is -2.31. The van der Waals surface area contributed by atoms with Crippen molar-refractivity contribution in [2.45, 2.75) is 51.6 Å². The van der Waals surface area contributed by atoms with E-state index in [1.54, 1.807) is 14.0 Å². The maximum atomic E-state index is 12.9. The molecule has 1 aromatic carbocycles. The number of amides is 1. The van der Waals surface area contributed by atoms with Gasteiger partial charge in [0.1, 0.15) is 18.1 Å². The molecule has 1 fully saturated rings. The predicted octanol–water partition coefficient (Wildman–Crippen LogP) is 3.02. The van der Waals surface area contributed by atoms with Gasteiger partial charge >= 0.3 is 0 Å². The Bertz CT molecular complexity index is 852. The first-order chi connectivity index (χ1) is 13.0. The fraction of sp³-hybridized carbons (Fsp3) is 0.476. The van der Waals surface area contributed by atoms with E-state index in [9.17, 15) is 9.59 Å². The Hall–Kier alpha value is -2.63. The average molecular weight is 369 g/mol. The molecule has 27 heavy (non-hydrogen) atoms. The lowest BCUT2D eigenvalue weighted by atomic mass is 9.94. The Labute approximate surface area is 159 Å². The first-order valence-corrected chi connectivity index (χ1v) is 9.48. The van der Waals surface area contributed by atoms with Crippen molar-refractivity contribution in [3.8, 4) is 17.1 Å². The van der Waals surface area contributed by atoms with Gasteiger partial charge in [0.15, 0.2) is 0 Å². The maximum Gasteiger partial charge on any atom is 0.254 e. The summed E-state index contributed by atoms with van der Waals surface area (Å²) in [7, 11) is 3.45. The molecular weight excluding hydrogens is 342 g/mol. The Morgan fingerprint density at radius 3 is 2.52 bits per heavy atom. The van der Waals surface area contributed by atoms with E-state index in [4.69, 9.17) is 4.74 Å². The number of rotatable bonds is 5. The van der Waals surface area contributed by atoms with Gasteiger partial charge in [0, 0.05) is 30.4 Å². The van der Waals surface area contributed by atoms with Crippen molar-refractivity contribution < 1.29 is 9.53 Å². The minimum atomic E-state index is -0.210. The second-order valence-electron chi connectivity index (χ2n) is 7.17. The van der Waals surface area contributed by atoms with Crippen LogP contribution in [-0.4, -0.2) is 40.6 Å². The molecule has 0 aliphatic heterocycles. The molecule has 6 heteroatoms. The van der Waals surface area contributed by atoms with Crippen LogP contribution in [0.15, 0.2) is 35.1 Å². The Balaban J connectivity index is 1.89. The molecule has 1 aliphatic rings. The van der Waals surface area contributed by atoms with Crippen LogP contribution in [0.1, 0.15) is 37.8 Å². The highest BCUT2D eigenvalue weighted by molar-refractivity contribution is 5.76. The summed E-state index contributed by atoms with van der Waals surface area (Å²) in [6.45, 7) is 1.79. The molecule has 0 saturated heterocycles. The van der Waals surface area contributed by atoms with E-state index in [0.717, 1.165) is 37.0 Å². The van der Waals surface area contributed by atoms with Gasteiger partial charge in [0.05, 0.1) is 7.11 Å². The van der Waals surface area contributed by atoms with Gasteiger partial charge in [-0.15, -0.1) is 0 Å². The van der Waals surface area contributed by atoms with Gasteiger partial charge in [0.2, 0.25) is 5.91 Å². The number of aromatic nitrogens is 2. The van der Waals surface area contributed by atoms with Crippen molar-refractivity contribution in [2.75, 3.05) is 14.2 Å². The van der Waals surface area contributed by atoms with Crippen molar-refractivity contribution in [1.82, 2.24) is 14.5 Å². The first-order valence-electron chi connectivity index (χ1n) is 9.48. The van der Waals surface area contributed by atoms with Crippen LogP contribution in [0.2, 0.25) is 0 Å². The summed E-state index contributed by atoms with van der Waals surface area (Å²) >= 11 is 0. The molecule has 0 radical (unpaired) electrons. The Morgan fingerprint density at radius 2 is 1.89 bits per heavy atom. The monoisotopic (exact) mass is 369 g/mol. The van der Waals surface area contributed by atoms with Crippen LogP contribution in [0.3, 0.4) is 0 Å². The molecule has 2 aromatic rings. The smallest absolute Gasteiger partial charge is 0.254 e. The molecule has 144 valence electrons. The van der Waals surface area contributed by atoms with Crippen molar-refractivity contribution in [1.29, 1.82) is 0 Å². The van der Waals surface area contributed by atoms with Crippen LogP contribution in [-0.2, 0) is 11.3 Å². The summed E-state index contributed by atoms with van der Waals surface area (Å²) in [6, 6.07) is 9.09. The van der Waals surface area contributed by atoms with Gasteiger partial charge in [-0.3, -0.25) is 14.2 Å². The van der Waals surface area contributed by atoms with Crippen LogP contribution in [0, 0.1) is 6.92 Å². The van der Waals surface area contributed by atoms with Crippen molar-refractivity contribution in [3.63, 3.8) is 0 Å². The van der Waals surface area contributed by atoms with E-state index >= 15 is 0 Å². The topological polar surface area (TPSA) is 64.4 Å². The SMILES string of the molecule is COc1ccc(-c2nc(C)cc(=O)n2CC(=O)N(C)C2CCCCC2)cc1. The zero-order chi connectivity index (χ0) is 19.4. The number of methoxy groups -OCH3 is 1. The third-order valence-electron chi connectivity index (χ3n) is 5.29. The zero-order valence-electron chi connectivity index (χ0n) is 16.3. The molecule has 0 unspecified atom stereocenters. The lowest BCUT2D eigenvalue weighted by Crippen LogP contribution is -2.41. The van der Waals surface area contributed by atoms with E-state index in [0.29, 0.717) is 11.5 Å². The van der Waals surface area contributed by atoms with E-state index in [-0.39, 0.29) is 24.1 Å². The molecule has 1 heterocycles. The van der Waals surface area contributed by atoms with Crippen LogP contribution in [0.5, 0.6) is 5.75 Å². The third-order valence-corrected chi connectivity index (χ3v) is 5.29. The molecule has 1 aliphatic carbocycles. The number of ether oxygens (including phenoxy) is 1. The number of carbonyl (C=O) groups is 1.